The van der Waals surface area contributed by atoms with Crippen LogP contribution >= 0.6 is 7.82 Å². The number of hydrogen-bond donors (Lipinski definition) is 5. The van der Waals surface area contributed by atoms with Crippen molar-refractivity contribution in [3.63, 3.8) is 0 Å². The van der Waals surface area contributed by atoms with Gasteiger partial charge in [0.2, 0.25) is 0 Å². The number of nitrogens with one attached hydrogen (secondary N) is 1. The molecule has 0 radical (unpaired) electrons. The number of amidine groups is 1. The van der Waals surface area contributed by atoms with E-state index >= 15 is 0 Å². The van der Waals surface area contributed by atoms with E-state index in [2.05, 4.69) is 4.62 Å². The highest BCUT2D eigenvalue weighted by Crippen LogP contribution is 2.39. The lowest BCUT2D eigenvalue weighted by molar-refractivity contribution is -0.0836. The van der Waals surface area contributed by atoms with E-state index in [4.69, 9.17) is 25.0 Å². The Kier molecular flexibility index (Phi) is 4.63. The Hall–Kier alpha value is -1.07. The molecule has 2 aliphatic heterocycles. The quantitative estimate of drug-likeness (QED) is 0.393. The third kappa shape index (κ3) is 3.58. The van der Waals surface area contributed by atoms with Crippen LogP contribution in [0.4, 0.5) is 4.79 Å². The van der Waals surface area contributed by atoms with E-state index in [1.54, 1.807) is 0 Å². The number of urea groups is 1. The summed E-state index contributed by atoms with van der Waals surface area (Å²) in [7, 11) is -4.99. The number of rotatable bonds is 4. The van der Waals surface area contributed by atoms with Crippen molar-refractivity contribution in [2.75, 3.05) is 13.2 Å². The van der Waals surface area contributed by atoms with Gasteiger partial charge < -0.3 is 24.7 Å². The average molecular weight is 325 g/mol. The molecule has 0 spiro atoms. The number of ether oxygens (including phenoxy) is 1. The van der Waals surface area contributed by atoms with Crippen LogP contribution in [0, 0.1) is 5.41 Å². The molecule has 2 amide bonds. The van der Waals surface area contributed by atoms with Crippen molar-refractivity contribution < 1.29 is 38.7 Å². The zero-order valence-electron chi connectivity index (χ0n) is 10.8. The van der Waals surface area contributed by atoms with Crippen molar-refractivity contribution in [3.8, 4) is 0 Å². The highest BCUT2D eigenvalue weighted by molar-refractivity contribution is 7.46. The molecule has 21 heavy (non-hydrogen) atoms. The molecule has 0 saturated carbocycles. The molecule has 0 aromatic heterocycles. The molecule has 120 valence electrons. The Bertz CT molecular complexity index is 482. The minimum atomic E-state index is -4.99. The Balaban J connectivity index is 2.10. The standard InChI is InChI=1S/C9H16N3O8P/c10-7-1-2-11(8-3-5(14)6(4-13)19-8)9(15)12(7)20-21(16,17)18/h5-6,8,10,13-14H,1-4H2,(H2,16,17,18)/t5-,6+,8+/m0/s1. The largest absolute Gasteiger partial charge is 0.491 e. The smallest absolute Gasteiger partial charge is 0.394 e. The number of hydrogen-bond acceptors (Lipinski definition) is 7. The molecule has 0 unspecified atom stereocenters. The summed E-state index contributed by atoms with van der Waals surface area (Å²) in [6, 6.07) is -0.967. The number of carbonyl (C=O) groups is 1. The summed E-state index contributed by atoms with van der Waals surface area (Å²) in [6.45, 7) is -0.341. The van der Waals surface area contributed by atoms with E-state index in [0.717, 1.165) is 4.90 Å². The van der Waals surface area contributed by atoms with Crippen LogP contribution in [-0.4, -0.2) is 73.4 Å². The fourth-order valence-corrected chi connectivity index (χ4v) is 2.57. The average Bonchev–Trinajstić information content (AvgIpc) is 2.74. The maximum absolute atomic E-state index is 12.1. The first-order valence-electron chi connectivity index (χ1n) is 6.10. The first kappa shape index (κ1) is 16.3. The van der Waals surface area contributed by atoms with Gasteiger partial charge in [-0.2, -0.15) is 4.62 Å². The summed E-state index contributed by atoms with van der Waals surface area (Å²) < 4.78 is 20.3. The van der Waals surface area contributed by atoms with E-state index < -0.39 is 44.7 Å². The third-order valence-corrected chi connectivity index (χ3v) is 3.55. The second-order valence-electron chi connectivity index (χ2n) is 4.65. The van der Waals surface area contributed by atoms with E-state index in [1.807, 2.05) is 0 Å². The monoisotopic (exact) mass is 325 g/mol. The van der Waals surface area contributed by atoms with Gasteiger partial charge in [-0.05, 0) is 0 Å². The van der Waals surface area contributed by atoms with Gasteiger partial charge >= 0.3 is 13.9 Å². The van der Waals surface area contributed by atoms with Gasteiger partial charge in [0.1, 0.15) is 18.2 Å². The summed E-state index contributed by atoms with van der Waals surface area (Å²) in [4.78, 5) is 30.7. The number of hydroxylamine groups is 2. The van der Waals surface area contributed by atoms with Crippen molar-refractivity contribution in [2.24, 2.45) is 0 Å². The number of aliphatic hydroxyl groups is 2. The van der Waals surface area contributed by atoms with Crippen LogP contribution < -0.4 is 0 Å². The van der Waals surface area contributed by atoms with Gasteiger partial charge in [-0.3, -0.25) is 10.3 Å². The lowest BCUT2D eigenvalue weighted by Crippen LogP contribution is -2.55. The van der Waals surface area contributed by atoms with Gasteiger partial charge in [0.05, 0.1) is 12.7 Å². The molecule has 3 atom stereocenters. The molecular formula is C9H16N3O8P. The normalized spacial score (nSPS) is 31.1. The molecule has 2 saturated heterocycles. The summed E-state index contributed by atoms with van der Waals surface area (Å²) >= 11 is 0. The van der Waals surface area contributed by atoms with E-state index in [-0.39, 0.29) is 24.4 Å². The molecule has 2 aliphatic rings. The molecule has 0 aliphatic carbocycles. The predicted octanol–water partition coefficient (Wildman–Crippen LogP) is -1.42. The lowest BCUT2D eigenvalue weighted by atomic mass is 10.2. The second-order valence-corrected chi connectivity index (χ2v) is 5.80. The predicted molar refractivity (Wildman–Crippen MR) is 65.8 cm³/mol. The van der Waals surface area contributed by atoms with Gasteiger partial charge in [0.25, 0.3) is 0 Å². The van der Waals surface area contributed by atoms with Crippen molar-refractivity contribution in [2.45, 2.75) is 31.3 Å². The number of carbonyl (C=O) groups excluding carboxylic acids is 1. The van der Waals surface area contributed by atoms with Crippen LogP contribution in [-0.2, 0) is 13.9 Å². The van der Waals surface area contributed by atoms with Crippen LogP contribution in [0.25, 0.3) is 0 Å². The minimum absolute atomic E-state index is 0.00544. The van der Waals surface area contributed by atoms with Crippen molar-refractivity contribution in [1.29, 1.82) is 5.41 Å². The Morgan fingerprint density at radius 2 is 2.14 bits per heavy atom. The molecule has 0 bridgehead atoms. The van der Waals surface area contributed by atoms with Gasteiger partial charge in [-0.15, -0.1) is 5.06 Å². The first-order valence-corrected chi connectivity index (χ1v) is 7.63. The van der Waals surface area contributed by atoms with Gasteiger partial charge in [-0.1, -0.05) is 0 Å². The third-order valence-electron chi connectivity index (χ3n) is 3.17. The second kappa shape index (κ2) is 5.97. The van der Waals surface area contributed by atoms with Crippen molar-refractivity contribution >= 4 is 19.7 Å². The highest BCUT2D eigenvalue weighted by atomic mass is 31.2. The van der Waals surface area contributed by atoms with Crippen LogP contribution in [0.15, 0.2) is 0 Å². The van der Waals surface area contributed by atoms with Crippen molar-refractivity contribution in [1.82, 2.24) is 9.96 Å². The summed E-state index contributed by atoms with van der Waals surface area (Å²) in [5, 5.41) is 26.4. The van der Waals surface area contributed by atoms with Gasteiger partial charge in [0, 0.05) is 19.4 Å². The molecule has 12 heteroatoms. The van der Waals surface area contributed by atoms with E-state index in [1.165, 1.54) is 0 Å². The zero-order valence-corrected chi connectivity index (χ0v) is 11.7. The van der Waals surface area contributed by atoms with Crippen LogP contribution in [0.5, 0.6) is 0 Å². The maximum Gasteiger partial charge on any atom is 0.491 e. The van der Waals surface area contributed by atoms with E-state index in [9.17, 15) is 14.5 Å². The van der Waals surface area contributed by atoms with E-state index in [0.29, 0.717) is 0 Å². The number of aliphatic hydroxyl groups excluding tert-OH is 2. The molecule has 0 aromatic rings. The summed E-state index contributed by atoms with van der Waals surface area (Å²) in [5.74, 6) is -0.392. The number of nitrogens with zero attached hydrogens (tertiary/aromatic N) is 2. The highest BCUT2D eigenvalue weighted by Gasteiger charge is 2.44. The fraction of sp³-hybridized carbons (Fsp3) is 0.778. The maximum atomic E-state index is 12.1. The molecule has 0 aromatic carbocycles. The van der Waals surface area contributed by atoms with Gasteiger partial charge in [-0.25, -0.2) is 9.36 Å². The topological polar surface area (TPSA) is 164 Å². The number of amides is 2. The Morgan fingerprint density at radius 3 is 2.67 bits per heavy atom. The molecule has 2 fully saturated rings. The Morgan fingerprint density at radius 1 is 1.48 bits per heavy atom. The zero-order chi connectivity index (χ0) is 15.8. The SMILES string of the molecule is N=C1CCN([C@H]2C[C@H](O)[C@@H](CO)O2)C(=O)N1OP(=O)(O)O. The number of phosphoric acid groups is 1. The molecule has 5 N–H and O–H groups in total. The summed E-state index contributed by atoms with van der Waals surface area (Å²) in [6.07, 6.45) is -2.59. The summed E-state index contributed by atoms with van der Waals surface area (Å²) in [5.41, 5.74) is 0. The fourth-order valence-electron chi connectivity index (χ4n) is 2.19. The van der Waals surface area contributed by atoms with Crippen molar-refractivity contribution in [3.05, 3.63) is 0 Å². The molecular weight excluding hydrogens is 309 g/mol. The van der Waals surface area contributed by atoms with Crippen LogP contribution in [0.3, 0.4) is 0 Å². The molecule has 11 nitrogen and oxygen atoms in total. The Labute approximate surface area is 119 Å². The van der Waals surface area contributed by atoms with Crippen LogP contribution in [0.1, 0.15) is 12.8 Å². The molecule has 2 heterocycles. The first-order chi connectivity index (χ1) is 9.73. The van der Waals surface area contributed by atoms with Crippen LogP contribution in [0.2, 0.25) is 0 Å². The minimum Gasteiger partial charge on any atom is -0.394 e. The van der Waals surface area contributed by atoms with Gasteiger partial charge in [0.15, 0.2) is 0 Å². The lowest BCUT2D eigenvalue weighted by Gasteiger charge is -2.37. The molecule has 2 rings (SSSR count).